The zero-order chi connectivity index (χ0) is 23.9. The van der Waals surface area contributed by atoms with E-state index in [-0.39, 0.29) is 18.1 Å². The number of likely N-dealkylation sites (tertiary alicyclic amines) is 1. The lowest BCUT2D eigenvalue weighted by molar-refractivity contribution is 0.0608. The average Bonchev–Trinajstić information content (AvgIpc) is 3.36. The van der Waals surface area contributed by atoms with Crippen LogP contribution in [0.3, 0.4) is 0 Å². The number of nitrogens with zero attached hydrogens (tertiary/aromatic N) is 1. The Balaban J connectivity index is 1.23. The molecule has 2 aliphatic rings. The number of ether oxygens (including phenoxy) is 2. The molecule has 1 aliphatic carbocycles. The van der Waals surface area contributed by atoms with Crippen LogP contribution in [-0.4, -0.2) is 48.7 Å². The van der Waals surface area contributed by atoms with Gasteiger partial charge in [-0.25, -0.2) is 4.79 Å². The highest BCUT2D eigenvalue weighted by molar-refractivity contribution is 5.94. The summed E-state index contributed by atoms with van der Waals surface area (Å²) in [6.45, 7) is 5.82. The smallest absolute Gasteiger partial charge is 0.410 e. The summed E-state index contributed by atoms with van der Waals surface area (Å²) >= 11 is 0. The van der Waals surface area contributed by atoms with E-state index >= 15 is 0 Å². The van der Waals surface area contributed by atoms with Gasteiger partial charge in [0, 0.05) is 24.7 Å². The number of carbonyl (C=O) groups excluding carboxylic acids is 2. The normalized spacial score (nSPS) is 17.1. The number of amides is 2. The fourth-order valence-electron chi connectivity index (χ4n) is 4.67. The summed E-state index contributed by atoms with van der Waals surface area (Å²) in [5.74, 6) is 1.30. The van der Waals surface area contributed by atoms with Crippen LogP contribution in [-0.2, 0) is 4.74 Å². The van der Waals surface area contributed by atoms with Crippen molar-refractivity contribution in [1.82, 2.24) is 10.2 Å². The Morgan fingerprint density at radius 2 is 1.50 bits per heavy atom. The first kappa shape index (κ1) is 24.1. The Morgan fingerprint density at radius 3 is 2.09 bits per heavy atom. The van der Waals surface area contributed by atoms with Crippen molar-refractivity contribution < 1.29 is 19.1 Å². The van der Waals surface area contributed by atoms with Gasteiger partial charge < -0.3 is 19.7 Å². The Morgan fingerprint density at radius 1 is 0.912 bits per heavy atom. The molecule has 1 saturated heterocycles. The molecule has 1 heterocycles. The summed E-state index contributed by atoms with van der Waals surface area (Å²) in [6.07, 6.45) is 6.13. The van der Waals surface area contributed by atoms with Crippen molar-refractivity contribution in [2.45, 2.75) is 64.5 Å². The van der Waals surface area contributed by atoms with Crippen LogP contribution in [0.4, 0.5) is 4.79 Å². The van der Waals surface area contributed by atoms with Gasteiger partial charge in [0.25, 0.3) is 5.91 Å². The molecule has 0 bridgehead atoms. The van der Waals surface area contributed by atoms with Gasteiger partial charge in [0.2, 0.25) is 0 Å². The lowest BCUT2D eigenvalue weighted by Gasteiger charge is -2.31. The predicted molar refractivity (Wildman–Crippen MR) is 133 cm³/mol. The molecule has 2 fully saturated rings. The van der Waals surface area contributed by atoms with Crippen LogP contribution in [0.5, 0.6) is 5.75 Å². The van der Waals surface area contributed by atoms with E-state index in [1.54, 1.807) is 4.90 Å². The van der Waals surface area contributed by atoms with Gasteiger partial charge >= 0.3 is 6.09 Å². The number of rotatable bonds is 7. The van der Waals surface area contributed by atoms with Crippen LogP contribution in [0.15, 0.2) is 48.5 Å². The number of benzene rings is 2. The van der Waals surface area contributed by atoms with Crippen LogP contribution < -0.4 is 10.1 Å². The van der Waals surface area contributed by atoms with Crippen molar-refractivity contribution in [3.8, 4) is 16.9 Å². The SMILES string of the molecule is CC(C)OC(=O)N1CCC(COc2ccc(-c3ccc(C(=O)NC4CCCC4)cc3)cc2)CC1. The van der Waals surface area contributed by atoms with E-state index < -0.39 is 0 Å². The second-order valence-electron chi connectivity index (χ2n) is 9.73. The summed E-state index contributed by atoms with van der Waals surface area (Å²) in [7, 11) is 0. The van der Waals surface area contributed by atoms with Gasteiger partial charge in [0.05, 0.1) is 12.7 Å². The van der Waals surface area contributed by atoms with Crippen molar-refractivity contribution in [2.24, 2.45) is 5.92 Å². The third-order valence-electron chi connectivity index (χ3n) is 6.72. The van der Waals surface area contributed by atoms with E-state index in [0.29, 0.717) is 37.2 Å². The lowest BCUT2D eigenvalue weighted by atomic mass is 9.98. The first-order valence-electron chi connectivity index (χ1n) is 12.6. The standard InChI is InChI=1S/C28H36N2O4/c1-20(2)34-28(32)30-17-15-21(16-18-30)19-33-26-13-11-23(12-14-26)22-7-9-24(10-8-22)27(31)29-25-5-3-4-6-25/h7-14,20-21,25H,3-6,15-19H2,1-2H3,(H,29,31). The summed E-state index contributed by atoms with van der Waals surface area (Å²) in [4.78, 5) is 26.2. The van der Waals surface area contributed by atoms with Crippen LogP contribution in [0.2, 0.25) is 0 Å². The zero-order valence-corrected chi connectivity index (χ0v) is 20.3. The third-order valence-corrected chi connectivity index (χ3v) is 6.72. The Bertz CT molecular complexity index is 941. The van der Waals surface area contributed by atoms with E-state index in [2.05, 4.69) is 5.32 Å². The summed E-state index contributed by atoms with van der Waals surface area (Å²) in [6, 6.07) is 16.2. The monoisotopic (exact) mass is 464 g/mol. The molecular formula is C28H36N2O4. The predicted octanol–water partition coefficient (Wildman–Crippen LogP) is 5.66. The Kier molecular flexibility index (Phi) is 8.09. The summed E-state index contributed by atoms with van der Waals surface area (Å²) in [5, 5.41) is 3.14. The third kappa shape index (κ3) is 6.52. The second-order valence-corrected chi connectivity index (χ2v) is 9.73. The number of hydrogen-bond donors (Lipinski definition) is 1. The van der Waals surface area contributed by atoms with Crippen LogP contribution in [0.25, 0.3) is 11.1 Å². The largest absolute Gasteiger partial charge is 0.493 e. The van der Waals surface area contributed by atoms with Gasteiger partial charge in [-0.05, 0) is 80.8 Å². The molecule has 1 N–H and O–H groups in total. The maximum absolute atomic E-state index is 12.4. The van der Waals surface area contributed by atoms with Gasteiger partial charge in [0.1, 0.15) is 5.75 Å². The minimum absolute atomic E-state index is 0.0184. The molecular weight excluding hydrogens is 428 g/mol. The summed E-state index contributed by atoms with van der Waals surface area (Å²) < 4.78 is 11.3. The van der Waals surface area contributed by atoms with Crippen molar-refractivity contribution >= 4 is 12.0 Å². The number of carbonyl (C=O) groups is 2. The maximum Gasteiger partial charge on any atom is 0.410 e. The van der Waals surface area contributed by atoms with E-state index in [0.717, 1.165) is 42.6 Å². The van der Waals surface area contributed by atoms with Gasteiger partial charge in [-0.1, -0.05) is 37.1 Å². The van der Waals surface area contributed by atoms with Crippen LogP contribution in [0, 0.1) is 5.92 Å². The van der Waals surface area contributed by atoms with E-state index in [4.69, 9.17) is 9.47 Å². The van der Waals surface area contributed by atoms with Gasteiger partial charge in [-0.2, -0.15) is 0 Å². The van der Waals surface area contributed by atoms with Gasteiger partial charge in [0.15, 0.2) is 0 Å². The second kappa shape index (κ2) is 11.4. The molecule has 1 aliphatic heterocycles. The molecule has 6 nitrogen and oxygen atoms in total. The molecule has 4 rings (SSSR count). The Hall–Kier alpha value is -3.02. The number of hydrogen-bond acceptors (Lipinski definition) is 4. The van der Waals surface area contributed by atoms with Crippen molar-refractivity contribution in [2.75, 3.05) is 19.7 Å². The number of nitrogens with one attached hydrogen (secondary N) is 1. The topological polar surface area (TPSA) is 67.9 Å². The highest BCUT2D eigenvalue weighted by Crippen LogP contribution is 2.25. The van der Waals surface area contributed by atoms with Gasteiger partial charge in [-0.3, -0.25) is 4.79 Å². The molecule has 0 spiro atoms. The quantitative estimate of drug-likeness (QED) is 0.574. The van der Waals surface area contributed by atoms with Crippen LogP contribution in [0.1, 0.15) is 62.7 Å². The van der Waals surface area contributed by atoms with Crippen molar-refractivity contribution in [1.29, 1.82) is 0 Å². The molecule has 34 heavy (non-hydrogen) atoms. The molecule has 6 heteroatoms. The molecule has 0 aromatic heterocycles. The van der Waals surface area contributed by atoms with Crippen LogP contribution >= 0.6 is 0 Å². The fourth-order valence-corrected chi connectivity index (χ4v) is 4.67. The molecule has 2 aromatic rings. The highest BCUT2D eigenvalue weighted by Gasteiger charge is 2.24. The van der Waals surface area contributed by atoms with E-state index in [1.165, 1.54) is 12.8 Å². The molecule has 0 radical (unpaired) electrons. The first-order chi connectivity index (χ1) is 16.5. The van der Waals surface area contributed by atoms with E-state index in [9.17, 15) is 9.59 Å². The molecule has 1 saturated carbocycles. The van der Waals surface area contributed by atoms with E-state index in [1.807, 2.05) is 62.4 Å². The maximum atomic E-state index is 12.4. The van der Waals surface area contributed by atoms with Crippen molar-refractivity contribution in [3.63, 3.8) is 0 Å². The lowest BCUT2D eigenvalue weighted by Crippen LogP contribution is -2.40. The molecule has 0 atom stereocenters. The number of piperidine rings is 1. The Labute approximate surface area is 202 Å². The first-order valence-corrected chi connectivity index (χ1v) is 12.6. The molecule has 2 aromatic carbocycles. The molecule has 182 valence electrons. The fraction of sp³-hybridized carbons (Fsp3) is 0.500. The average molecular weight is 465 g/mol. The molecule has 2 amide bonds. The minimum atomic E-state index is -0.215. The highest BCUT2D eigenvalue weighted by atomic mass is 16.6. The minimum Gasteiger partial charge on any atom is -0.493 e. The molecule has 0 unspecified atom stereocenters. The zero-order valence-electron chi connectivity index (χ0n) is 20.3. The van der Waals surface area contributed by atoms with Gasteiger partial charge in [-0.15, -0.1) is 0 Å². The summed E-state index contributed by atoms with van der Waals surface area (Å²) in [5.41, 5.74) is 2.87. The van der Waals surface area contributed by atoms with Crippen molar-refractivity contribution in [3.05, 3.63) is 54.1 Å².